The van der Waals surface area contributed by atoms with Crippen LogP contribution >= 0.6 is 0 Å². The standard InChI is InChI=1S/C19H24N4O/c1-2-7-21-17(3-1)14-22-10-6-19-18(15-22)23(11-12-24-19)13-16-4-8-20-9-5-16/h1-5,7-9,18-19H,6,10-15H2/t18-,19-/m1/s1. The molecule has 0 saturated carbocycles. The SMILES string of the molecule is c1ccc(CN2CC[C@H]3OCCN(Cc4ccncc4)[C@@H]3C2)nc1. The van der Waals surface area contributed by atoms with Gasteiger partial charge in [-0.1, -0.05) is 6.07 Å². The normalized spacial score (nSPS) is 25.3. The molecule has 0 N–H and O–H groups in total. The Morgan fingerprint density at radius 2 is 1.96 bits per heavy atom. The number of nitrogens with zero attached hydrogens (tertiary/aromatic N) is 4. The maximum atomic E-state index is 6.05. The van der Waals surface area contributed by atoms with E-state index in [9.17, 15) is 0 Å². The van der Waals surface area contributed by atoms with Gasteiger partial charge in [-0.05, 0) is 36.2 Å². The van der Waals surface area contributed by atoms with Crippen molar-refractivity contribution in [1.82, 2.24) is 19.8 Å². The highest BCUT2D eigenvalue weighted by Crippen LogP contribution is 2.25. The van der Waals surface area contributed by atoms with Crippen molar-refractivity contribution in [3.63, 3.8) is 0 Å². The molecule has 0 amide bonds. The van der Waals surface area contributed by atoms with Gasteiger partial charge >= 0.3 is 0 Å². The van der Waals surface area contributed by atoms with Crippen molar-refractivity contribution in [2.45, 2.75) is 31.7 Å². The predicted molar refractivity (Wildman–Crippen MR) is 92.3 cm³/mol. The smallest absolute Gasteiger partial charge is 0.0755 e. The summed E-state index contributed by atoms with van der Waals surface area (Å²) < 4.78 is 6.05. The number of rotatable bonds is 4. The fraction of sp³-hybridized carbons (Fsp3) is 0.474. The topological polar surface area (TPSA) is 41.5 Å². The van der Waals surface area contributed by atoms with Gasteiger partial charge in [0.2, 0.25) is 0 Å². The van der Waals surface area contributed by atoms with Crippen LogP contribution < -0.4 is 0 Å². The minimum absolute atomic E-state index is 0.362. The fourth-order valence-electron chi connectivity index (χ4n) is 3.79. The summed E-state index contributed by atoms with van der Waals surface area (Å²) >= 11 is 0. The summed E-state index contributed by atoms with van der Waals surface area (Å²) in [5, 5.41) is 0. The van der Waals surface area contributed by atoms with Crippen molar-refractivity contribution in [1.29, 1.82) is 0 Å². The van der Waals surface area contributed by atoms with E-state index in [-0.39, 0.29) is 0 Å². The molecule has 24 heavy (non-hydrogen) atoms. The average Bonchev–Trinajstić information content (AvgIpc) is 2.64. The number of aromatic nitrogens is 2. The Bertz CT molecular complexity index is 636. The Morgan fingerprint density at radius 1 is 1.04 bits per heavy atom. The van der Waals surface area contributed by atoms with Gasteiger partial charge in [0.25, 0.3) is 0 Å². The molecule has 0 aliphatic carbocycles. The third-order valence-electron chi connectivity index (χ3n) is 5.03. The highest BCUT2D eigenvalue weighted by molar-refractivity contribution is 5.10. The van der Waals surface area contributed by atoms with Crippen LogP contribution in [0.5, 0.6) is 0 Å². The van der Waals surface area contributed by atoms with Crippen LogP contribution in [0.4, 0.5) is 0 Å². The summed E-state index contributed by atoms with van der Waals surface area (Å²) in [6.07, 6.45) is 7.09. The summed E-state index contributed by atoms with van der Waals surface area (Å²) in [5.74, 6) is 0. The van der Waals surface area contributed by atoms with Gasteiger partial charge in [-0.3, -0.25) is 19.8 Å². The van der Waals surface area contributed by atoms with E-state index < -0.39 is 0 Å². The van der Waals surface area contributed by atoms with E-state index in [0.717, 1.165) is 51.4 Å². The van der Waals surface area contributed by atoms with Crippen molar-refractivity contribution in [3.05, 3.63) is 60.2 Å². The summed E-state index contributed by atoms with van der Waals surface area (Å²) in [6.45, 7) is 5.87. The van der Waals surface area contributed by atoms with Gasteiger partial charge in [-0.15, -0.1) is 0 Å². The third kappa shape index (κ3) is 3.64. The van der Waals surface area contributed by atoms with Gasteiger partial charge in [0.05, 0.1) is 18.4 Å². The van der Waals surface area contributed by atoms with Gasteiger partial charge in [0, 0.05) is 57.4 Å². The summed E-state index contributed by atoms with van der Waals surface area (Å²) in [5.41, 5.74) is 2.47. The molecule has 2 aromatic heterocycles. The van der Waals surface area contributed by atoms with Crippen molar-refractivity contribution in [2.75, 3.05) is 26.2 Å². The van der Waals surface area contributed by atoms with Crippen LogP contribution in [0.1, 0.15) is 17.7 Å². The average molecular weight is 324 g/mol. The summed E-state index contributed by atoms with van der Waals surface area (Å²) in [7, 11) is 0. The zero-order valence-electron chi connectivity index (χ0n) is 13.9. The van der Waals surface area contributed by atoms with Crippen LogP contribution in [-0.4, -0.2) is 58.2 Å². The zero-order valence-corrected chi connectivity index (χ0v) is 13.9. The molecule has 2 saturated heterocycles. The van der Waals surface area contributed by atoms with Crippen LogP contribution in [0.3, 0.4) is 0 Å². The molecule has 0 aromatic carbocycles. The highest BCUT2D eigenvalue weighted by atomic mass is 16.5. The van der Waals surface area contributed by atoms with Crippen LogP contribution in [0, 0.1) is 0 Å². The number of morpholine rings is 1. The van der Waals surface area contributed by atoms with E-state index >= 15 is 0 Å². The highest BCUT2D eigenvalue weighted by Gasteiger charge is 2.36. The van der Waals surface area contributed by atoms with Gasteiger partial charge < -0.3 is 4.74 Å². The van der Waals surface area contributed by atoms with Gasteiger partial charge in [-0.25, -0.2) is 0 Å². The number of fused-ring (bicyclic) bond motifs is 1. The second-order valence-corrected chi connectivity index (χ2v) is 6.65. The number of ether oxygens (including phenoxy) is 1. The molecule has 0 unspecified atom stereocenters. The lowest BCUT2D eigenvalue weighted by molar-refractivity contribution is -0.107. The number of piperidine rings is 1. The van der Waals surface area contributed by atoms with E-state index in [1.165, 1.54) is 5.56 Å². The molecule has 5 nitrogen and oxygen atoms in total. The van der Waals surface area contributed by atoms with Crippen molar-refractivity contribution in [3.8, 4) is 0 Å². The molecule has 2 fully saturated rings. The predicted octanol–water partition coefficient (Wildman–Crippen LogP) is 1.95. The van der Waals surface area contributed by atoms with Gasteiger partial charge in [-0.2, -0.15) is 0 Å². The summed E-state index contributed by atoms with van der Waals surface area (Å²) in [6, 6.07) is 10.8. The van der Waals surface area contributed by atoms with Crippen LogP contribution in [0.15, 0.2) is 48.9 Å². The first kappa shape index (κ1) is 15.7. The first-order valence-corrected chi connectivity index (χ1v) is 8.75. The van der Waals surface area contributed by atoms with E-state index in [4.69, 9.17) is 4.74 Å². The lowest BCUT2D eigenvalue weighted by Crippen LogP contribution is -2.59. The maximum Gasteiger partial charge on any atom is 0.0755 e. The van der Waals surface area contributed by atoms with E-state index in [2.05, 4.69) is 44.0 Å². The molecule has 2 atom stereocenters. The first-order chi connectivity index (χ1) is 11.9. The fourth-order valence-corrected chi connectivity index (χ4v) is 3.79. The molecule has 126 valence electrons. The van der Waals surface area contributed by atoms with Crippen LogP contribution in [-0.2, 0) is 17.8 Å². The molecule has 5 heteroatoms. The summed E-state index contributed by atoms with van der Waals surface area (Å²) in [4.78, 5) is 13.7. The molecule has 0 radical (unpaired) electrons. The Hall–Kier alpha value is -1.82. The molecular weight excluding hydrogens is 300 g/mol. The Kier molecular flexibility index (Phi) is 4.83. The van der Waals surface area contributed by atoms with Gasteiger partial charge in [0.15, 0.2) is 0 Å². The molecule has 2 aliphatic heterocycles. The molecular formula is C19H24N4O. The monoisotopic (exact) mass is 324 g/mol. The van der Waals surface area contributed by atoms with Crippen LogP contribution in [0.25, 0.3) is 0 Å². The second kappa shape index (κ2) is 7.38. The number of pyridine rings is 2. The molecule has 4 rings (SSSR count). The Balaban J connectivity index is 1.43. The van der Waals surface area contributed by atoms with Crippen molar-refractivity contribution in [2.24, 2.45) is 0 Å². The molecule has 2 aromatic rings. The van der Waals surface area contributed by atoms with E-state index in [1.54, 1.807) is 0 Å². The van der Waals surface area contributed by atoms with Gasteiger partial charge in [0.1, 0.15) is 0 Å². The molecule has 0 spiro atoms. The number of hydrogen-bond donors (Lipinski definition) is 0. The minimum atomic E-state index is 0.362. The Morgan fingerprint density at radius 3 is 2.79 bits per heavy atom. The molecule has 4 heterocycles. The minimum Gasteiger partial charge on any atom is -0.375 e. The van der Waals surface area contributed by atoms with E-state index in [1.807, 2.05) is 24.7 Å². The quantitative estimate of drug-likeness (QED) is 0.860. The van der Waals surface area contributed by atoms with E-state index in [0.29, 0.717) is 12.1 Å². The molecule has 0 bridgehead atoms. The largest absolute Gasteiger partial charge is 0.375 e. The second-order valence-electron chi connectivity index (χ2n) is 6.65. The van der Waals surface area contributed by atoms with Crippen molar-refractivity contribution >= 4 is 0 Å². The first-order valence-electron chi connectivity index (χ1n) is 8.75. The maximum absolute atomic E-state index is 6.05. The van der Waals surface area contributed by atoms with Crippen molar-refractivity contribution < 1.29 is 4.74 Å². The zero-order chi connectivity index (χ0) is 16.2. The number of hydrogen-bond acceptors (Lipinski definition) is 5. The molecule has 2 aliphatic rings. The number of likely N-dealkylation sites (tertiary alicyclic amines) is 1. The Labute approximate surface area is 143 Å². The third-order valence-corrected chi connectivity index (χ3v) is 5.03. The lowest BCUT2D eigenvalue weighted by Gasteiger charge is -2.47. The lowest BCUT2D eigenvalue weighted by atomic mass is 9.98. The van der Waals surface area contributed by atoms with Crippen LogP contribution in [0.2, 0.25) is 0 Å².